The average molecular weight is 285 g/mol. The van der Waals surface area contributed by atoms with Crippen LogP contribution in [-0.4, -0.2) is 24.9 Å². The van der Waals surface area contributed by atoms with Crippen molar-refractivity contribution in [3.05, 3.63) is 48.2 Å². The topological polar surface area (TPSA) is 55.7 Å². The normalized spacial score (nSPS) is 11.1. The van der Waals surface area contributed by atoms with Crippen LogP contribution in [0.2, 0.25) is 0 Å². The van der Waals surface area contributed by atoms with Gasteiger partial charge >= 0.3 is 0 Å². The second-order valence-electron chi connectivity index (χ2n) is 4.54. The van der Waals surface area contributed by atoms with Gasteiger partial charge in [-0.1, -0.05) is 12.1 Å². The Labute approximate surface area is 124 Å². The fourth-order valence-corrected chi connectivity index (χ4v) is 1.91. The maximum atomic E-state index is 5.30. The van der Waals surface area contributed by atoms with Crippen LogP contribution in [0.5, 0.6) is 11.5 Å². The molecule has 0 spiro atoms. The molecule has 0 atom stereocenters. The Bertz CT molecular complexity index is 612. The Morgan fingerprint density at radius 1 is 1.14 bits per heavy atom. The maximum absolute atomic E-state index is 5.30. The lowest BCUT2D eigenvalue weighted by molar-refractivity contribution is 0.354. The third-order valence-electron chi connectivity index (χ3n) is 2.93. The predicted octanol–water partition coefficient (Wildman–Crippen LogP) is 3.13. The van der Waals surface area contributed by atoms with Gasteiger partial charge in [-0.2, -0.15) is 5.10 Å². The van der Waals surface area contributed by atoms with Crippen LogP contribution >= 0.6 is 0 Å². The van der Waals surface area contributed by atoms with E-state index in [1.807, 2.05) is 43.3 Å². The smallest absolute Gasteiger partial charge is 0.160 e. The van der Waals surface area contributed by atoms with E-state index in [0.717, 1.165) is 35.0 Å². The molecule has 1 heterocycles. The first-order valence-electron chi connectivity index (χ1n) is 6.64. The molecule has 5 heteroatoms. The predicted molar refractivity (Wildman–Crippen MR) is 84.2 cm³/mol. The Morgan fingerprint density at radius 2 is 1.95 bits per heavy atom. The van der Waals surface area contributed by atoms with Crippen LogP contribution in [0.25, 0.3) is 0 Å². The van der Waals surface area contributed by atoms with Gasteiger partial charge in [0.25, 0.3) is 0 Å². The van der Waals surface area contributed by atoms with Crippen LogP contribution in [0.1, 0.15) is 12.5 Å². The van der Waals surface area contributed by atoms with Crippen LogP contribution < -0.4 is 14.9 Å². The minimum atomic E-state index is 0.722. The quantitative estimate of drug-likeness (QED) is 0.654. The van der Waals surface area contributed by atoms with Gasteiger partial charge in [-0.15, -0.1) is 0 Å². The summed E-state index contributed by atoms with van der Waals surface area (Å²) < 4.78 is 10.5. The van der Waals surface area contributed by atoms with E-state index in [1.54, 1.807) is 20.4 Å². The highest BCUT2D eigenvalue weighted by Crippen LogP contribution is 2.27. The molecular weight excluding hydrogens is 266 g/mol. The summed E-state index contributed by atoms with van der Waals surface area (Å²) in [5.74, 6) is 2.17. The zero-order valence-electron chi connectivity index (χ0n) is 12.5. The molecule has 0 saturated heterocycles. The summed E-state index contributed by atoms with van der Waals surface area (Å²) in [6.07, 6.45) is 2.45. The Balaban J connectivity index is 2.03. The molecule has 0 aliphatic rings. The second-order valence-corrected chi connectivity index (χ2v) is 4.54. The number of hydrazone groups is 1. The molecule has 0 aliphatic carbocycles. The van der Waals surface area contributed by atoms with Crippen molar-refractivity contribution in [1.29, 1.82) is 0 Å². The molecule has 0 fully saturated rings. The SMILES string of the molecule is COc1ccc(C/C(C)=N\Nc2ccccn2)cc1OC. The molecule has 0 radical (unpaired) electrons. The minimum Gasteiger partial charge on any atom is -0.493 e. The molecule has 0 aliphatic heterocycles. The van der Waals surface area contributed by atoms with Crippen molar-refractivity contribution in [3.63, 3.8) is 0 Å². The van der Waals surface area contributed by atoms with E-state index in [2.05, 4.69) is 15.5 Å². The van der Waals surface area contributed by atoms with Gasteiger partial charge < -0.3 is 9.47 Å². The number of aromatic nitrogens is 1. The fourth-order valence-electron chi connectivity index (χ4n) is 1.91. The van der Waals surface area contributed by atoms with Gasteiger partial charge in [0, 0.05) is 18.3 Å². The number of ether oxygens (including phenoxy) is 2. The molecule has 1 N–H and O–H groups in total. The van der Waals surface area contributed by atoms with E-state index in [4.69, 9.17) is 9.47 Å². The van der Waals surface area contributed by atoms with Crippen LogP contribution in [0.15, 0.2) is 47.7 Å². The molecular formula is C16H19N3O2. The molecule has 1 aromatic heterocycles. The molecule has 0 saturated carbocycles. The lowest BCUT2D eigenvalue weighted by Gasteiger charge is -2.09. The number of hydrogen-bond donors (Lipinski definition) is 1. The van der Waals surface area contributed by atoms with Crippen molar-refractivity contribution in [2.45, 2.75) is 13.3 Å². The van der Waals surface area contributed by atoms with E-state index in [1.165, 1.54) is 0 Å². The number of rotatable bonds is 6. The molecule has 0 unspecified atom stereocenters. The molecule has 0 amide bonds. The van der Waals surface area contributed by atoms with E-state index in [9.17, 15) is 0 Å². The van der Waals surface area contributed by atoms with Gasteiger partial charge in [0.15, 0.2) is 11.5 Å². The summed E-state index contributed by atoms with van der Waals surface area (Å²) in [6.45, 7) is 1.96. The zero-order valence-corrected chi connectivity index (χ0v) is 12.5. The summed E-state index contributed by atoms with van der Waals surface area (Å²) in [4.78, 5) is 4.15. The summed E-state index contributed by atoms with van der Waals surface area (Å²) in [5.41, 5.74) is 5.00. The Kier molecular flexibility index (Phi) is 5.15. The fraction of sp³-hybridized carbons (Fsp3) is 0.250. The van der Waals surface area contributed by atoms with Crippen molar-refractivity contribution in [1.82, 2.24) is 4.98 Å². The first kappa shape index (κ1) is 14.8. The van der Waals surface area contributed by atoms with E-state index in [-0.39, 0.29) is 0 Å². The third kappa shape index (κ3) is 4.21. The number of methoxy groups -OCH3 is 2. The molecule has 2 aromatic rings. The van der Waals surface area contributed by atoms with Gasteiger partial charge in [0.2, 0.25) is 0 Å². The van der Waals surface area contributed by atoms with Gasteiger partial charge in [-0.05, 0) is 36.8 Å². The maximum Gasteiger partial charge on any atom is 0.160 e. The van der Waals surface area contributed by atoms with Crippen LogP contribution in [0, 0.1) is 0 Å². The number of hydrogen-bond acceptors (Lipinski definition) is 5. The molecule has 2 rings (SSSR count). The Hall–Kier alpha value is -2.56. The highest BCUT2D eigenvalue weighted by atomic mass is 16.5. The van der Waals surface area contributed by atoms with Crippen molar-refractivity contribution in [2.24, 2.45) is 5.10 Å². The lowest BCUT2D eigenvalue weighted by Crippen LogP contribution is -2.03. The highest BCUT2D eigenvalue weighted by Gasteiger charge is 2.05. The second kappa shape index (κ2) is 7.28. The van der Waals surface area contributed by atoms with Crippen molar-refractivity contribution >= 4 is 11.5 Å². The summed E-state index contributed by atoms with van der Waals surface area (Å²) in [7, 11) is 3.26. The largest absolute Gasteiger partial charge is 0.493 e. The number of pyridine rings is 1. The van der Waals surface area contributed by atoms with Crippen LogP contribution in [0.4, 0.5) is 5.82 Å². The van der Waals surface area contributed by atoms with Crippen molar-refractivity contribution in [3.8, 4) is 11.5 Å². The average Bonchev–Trinajstić information content (AvgIpc) is 2.53. The van der Waals surface area contributed by atoms with Gasteiger partial charge in [-0.25, -0.2) is 4.98 Å². The number of nitrogens with one attached hydrogen (secondary N) is 1. The number of nitrogens with zero attached hydrogens (tertiary/aromatic N) is 2. The summed E-state index contributed by atoms with van der Waals surface area (Å²) in [6, 6.07) is 11.5. The Morgan fingerprint density at radius 3 is 2.62 bits per heavy atom. The molecule has 1 aromatic carbocycles. The van der Waals surface area contributed by atoms with Crippen LogP contribution in [0.3, 0.4) is 0 Å². The van der Waals surface area contributed by atoms with Gasteiger partial charge in [0.05, 0.1) is 14.2 Å². The van der Waals surface area contributed by atoms with Crippen molar-refractivity contribution < 1.29 is 9.47 Å². The first-order valence-corrected chi connectivity index (χ1v) is 6.64. The monoisotopic (exact) mass is 285 g/mol. The molecule has 0 bridgehead atoms. The highest BCUT2D eigenvalue weighted by molar-refractivity contribution is 5.84. The van der Waals surface area contributed by atoms with Crippen molar-refractivity contribution in [2.75, 3.05) is 19.6 Å². The van der Waals surface area contributed by atoms with Crippen LogP contribution in [-0.2, 0) is 6.42 Å². The van der Waals surface area contributed by atoms with E-state index in [0.29, 0.717) is 0 Å². The molecule has 21 heavy (non-hydrogen) atoms. The third-order valence-corrected chi connectivity index (χ3v) is 2.93. The lowest BCUT2D eigenvalue weighted by atomic mass is 10.1. The number of anilines is 1. The summed E-state index contributed by atoms with van der Waals surface area (Å²) in [5, 5.41) is 4.32. The van der Waals surface area contributed by atoms with E-state index >= 15 is 0 Å². The van der Waals surface area contributed by atoms with E-state index < -0.39 is 0 Å². The van der Waals surface area contributed by atoms with Gasteiger partial charge in [-0.3, -0.25) is 5.43 Å². The van der Waals surface area contributed by atoms with Gasteiger partial charge in [0.1, 0.15) is 5.82 Å². The molecule has 110 valence electrons. The standard InChI is InChI=1S/C16H19N3O2/c1-12(18-19-16-6-4-5-9-17-16)10-13-7-8-14(20-2)15(11-13)21-3/h4-9,11H,10H2,1-3H3,(H,17,19)/b18-12-. The summed E-state index contributed by atoms with van der Waals surface area (Å²) >= 11 is 0. The first-order chi connectivity index (χ1) is 10.2. The minimum absolute atomic E-state index is 0.722. The zero-order chi connectivity index (χ0) is 15.1. The number of benzene rings is 1. The molecule has 5 nitrogen and oxygen atoms in total.